The number of ether oxygens (including phenoxy) is 1. The number of nitrogens with one attached hydrogen (secondary N) is 1. The molecule has 2 aromatic rings. The molecule has 1 aliphatic rings. The Bertz CT molecular complexity index is 851. The van der Waals surface area contributed by atoms with Gasteiger partial charge in [0, 0.05) is 5.69 Å². The van der Waals surface area contributed by atoms with Crippen LogP contribution in [0.2, 0.25) is 0 Å². The minimum atomic E-state index is -1.02. The SMILES string of the molecule is CCOc1ccc(NC2SC(=O)N(Cc3ccc(C(=O)O)cc3)C2=O)cc1. The van der Waals surface area contributed by atoms with Crippen LogP contribution in [0.1, 0.15) is 22.8 Å². The average Bonchev–Trinajstić information content (AvgIpc) is 2.91. The number of amides is 2. The second-order valence-corrected chi connectivity index (χ2v) is 6.85. The molecule has 1 atom stereocenters. The van der Waals surface area contributed by atoms with Crippen LogP contribution in [0.25, 0.3) is 0 Å². The van der Waals surface area contributed by atoms with Crippen LogP contribution in [0.5, 0.6) is 5.75 Å². The quantitative estimate of drug-likeness (QED) is 0.753. The van der Waals surface area contributed by atoms with Gasteiger partial charge >= 0.3 is 5.97 Å². The number of thioether (sulfide) groups is 1. The number of aromatic carboxylic acids is 1. The average molecular weight is 386 g/mol. The molecule has 1 saturated heterocycles. The Balaban J connectivity index is 1.64. The van der Waals surface area contributed by atoms with Crippen molar-refractivity contribution in [3.05, 3.63) is 59.7 Å². The van der Waals surface area contributed by atoms with Gasteiger partial charge in [0.05, 0.1) is 18.7 Å². The van der Waals surface area contributed by atoms with E-state index in [1.165, 1.54) is 12.1 Å². The zero-order valence-electron chi connectivity index (χ0n) is 14.5. The molecule has 0 aromatic heterocycles. The summed E-state index contributed by atoms with van der Waals surface area (Å²) in [6.45, 7) is 2.57. The molecule has 1 unspecified atom stereocenters. The van der Waals surface area contributed by atoms with Gasteiger partial charge in [-0.25, -0.2) is 4.79 Å². The molecule has 1 heterocycles. The lowest BCUT2D eigenvalue weighted by Crippen LogP contribution is -2.33. The number of carboxylic acid groups (broad SMARTS) is 1. The van der Waals surface area contributed by atoms with E-state index in [9.17, 15) is 14.4 Å². The molecular weight excluding hydrogens is 368 g/mol. The first kappa shape index (κ1) is 18.8. The molecule has 1 fully saturated rings. The molecule has 27 heavy (non-hydrogen) atoms. The highest BCUT2D eigenvalue weighted by atomic mass is 32.2. The van der Waals surface area contributed by atoms with Crippen LogP contribution in [0.4, 0.5) is 10.5 Å². The van der Waals surface area contributed by atoms with E-state index in [1.807, 2.05) is 6.92 Å². The number of nitrogens with zero attached hydrogens (tertiary/aromatic N) is 1. The molecule has 7 nitrogen and oxygen atoms in total. The van der Waals surface area contributed by atoms with E-state index in [1.54, 1.807) is 36.4 Å². The van der Waals surface area contributed by atoms with Crippen molar-refractivity contribution in [2.45, 2.75) is 18.8 Å². The van der Waals surface area contributed by atoms with E-state index in [0.717, 1.165) is 22.4 Å². The smallest absolute Gasteiger partial charge is 0.335 e. The van der Waals surface area contributed by atoms with Gasteiger partial charge in [-0.3, -0.25) is 14.5 Å². The number of hydrogen-bond donors (Lipinski definition) is 2. The van der Waals surface area contributed by atoms with Crippen molar-refractivity contribution < 1.29 is 24.2 Å². The van der Waals surface area contributed by atoms with Crippen LogP contribution < -0.4 is 10.1 Å². The van der Waals surface area contributed by atoms with Gasteiger partial charge in [0.1, 0.15) is 5.75 Å². The van der Waals surface area contributed by atoms with E-state index < -0.39 is 11.3 Å². The van der Waals surface area contributed by atoms with Crippen LogP contribution in [0, 0.1) is 0 Å². The summed E-state index contributed by atoms with van der Waals surface area (Å²) in [5.41, 5.74) is 1.55. The molecule has 2 amide bonds. The first-order valence-corrected chi connectivity index (χ1v) is 9.19. The fourth-order valence-corrected chi connectivity index (χ4v) is 3.49. The standard InChI is InChI=1S/C19H18N2O5S/c1-2-26-15-9-7-14(8-10-15)20-16-17(22)21(19(25)27-16)11-12-3-5-13(6-4-12)18(23)24/h3-10,16,20H,2,11H2,1H3,(H,23,24). The monoisotopic (exact) mass is 386 g/mol. The zero-order valence-corrected chi connectivity index (χ0v) is 15.4. The van der Waals surface area contributed by atoms with Crippen LogP contribution in [-0.2, 0) is 11.3 Å². The summed E-state index contributed by atoms with van der Waals surface area (Å²) >= 11 is 0.919. The number of carboxylic acids is 1. The van der Waals surface area contributed by atoms with E-state index in [0.29, 0.717) is 17.9 Å². The molecule has 0 bridgehead atoms. The van der Waals surface area contributed by atoms with Gasteiger partial charge in [0.2, 0.25) is 0 Å². The van der Waals surface area contributed by atoms with Gasteiger partial charge in [0.25, 0.3) is 11.1 Å². The van der Waals surface area contributed by atoms with Crippen LogP contribution >= 0.6 is 11.8 Å². The fraction of sp³-hybridized carbons (Fsp3) is 0.211. The Morgan fingerprint density at radius 1 is 1.15 bits per heavy atom. The van der Waals surface area contributed by atoms with Crippen molar-refractivity contribution in [2.24, 2.45) is 0 Å². The second kappa shape index (κ2) is 8.13. The summed E-state index contributed by atoms with van der Waals surface area (Å²) in [5.74, 6) is -0.623. The molecule has 0 spiro atoms. The number of imide groups is 1. The highest BCUT2D eigenvalue weighted by Crippen LogP contribution is 2.30. The molecule has 8 heteroatoms. The minimum Gasteiger partial charge on any atom is -0.494 e. The first-order chi connectivity index (χ1) is 13.0. The van der Waals surface area contributed by atoms with Gasteiger partial charge in [0.15, 0.2) is 5.37 Å². The van der Waals surface area contributed by atoms with Crippen LogP contribution in [-0.4, -0.2) is 39.1 Å². The first-order valence-electron chi connectivity index (χ1n) is 8.31. The van der Waals surface area contributed by atoms with Crippen molar-refractivity contribution >= 4 is 34.6 Å². The number of benzene rings is 2. The summed E-state index contributed by atoms with van der Waals surface area (Å²) < 4.78 is 5.38. The van der Waals surface area contributed by atoms with E-state index in [2.05, 4.69) is 5.32 Å². The number of hydrogen-bond acceptors (Lipinski definition) is 6. The highest BCUT2D eigenvalue weighted by molar-refractivity contribution is 8.15. The maximum Gasteiger partial charge on any atom is 0.335 e. The largest absolute Gasteiger partial charge is 0.494 e. The molecular formula is C19H18N2O5S. The third-order valence-corrected chi connectivity index (χ3v) is 4.91. The maximum atomic E-state index is 12.6. The Labute approximate surface area is 160 Å². The lowest BCUT2D eigenvalue weighted by molar-refractivity contribution is -0.126. The Hall–Kier alpha value is -3.00. The van der Waals surface area contributed by atoms with Gasteiger partial charge < -0.3 is 15.2 Å². The topological polar surface area (TPSA) is 95.9 Å². The zero-order chi connectivity index (χ0) is 19.4. The Morgan fingerprint density at radius 2 is 1.81 bits per heavy atom. The Morgan fingerprint density at radius 3 is 2.41 bits per heavy atom. The summed E-state index contributed by atoms with van der Waals surface area (Å²) in [6.07, 6.45) is 0. The summed E-state index contributed by atoms with van der Waals surface area (Å²) in [6, 6.07) is 13.3. The molecule has 3 rings (SSSR count). The molecule has 0 radical (unpaired) electrons. The van der Waals surface area contributed by atoms with Crippen molar-refractivity contribution in [1.82, 2.24) is 4.90 Å². The van der Waals surface area contributed by atoms with Gasteiger partial charge in [-0.05, 0) is 60.6 Å². The minimum absolute atomic E-state index is 0.103. The number of rotatable bonds is 7. The van der Waals surface area contributed by atoms with Gasteiger partial charge in [-0.15, -0.1) is 0 Å². The highest BCUT2D eigenvalue weighted by Gasteiger charge is 2.39. The molecule has 0 aliphatic carbocycles. The van der Waals surface area contributed by atoms with Crippen LogP contribution in [0.15, 0.2) is 48.5 Å². The van der Waals surface area contributed by atoms with Crippen molar-refractivity contribution in [1.29, 1.82) is 0 Å². The molecule has 2 aromatic carbocycles. The van der Waals surface area contributed by atoms with Gasteiger partial charge in [-0.1, -0.05) is 12.1 Å². The number of carbonyl (C=O) groups is 3. The lowest BCUT2D eigenvalue weighted by atomic mass is 10.1. The van der Waals surface area contributed by atoms with Crippen molar-refractivity contribution in [2.75, 3.05) is 11.9 Å². The predicted molar refractivity (Wildman–Crippen MR) is 102 cm³/mol. The number of carbonyl (C=O) groups excluding carboxylic acids is 2. The van der Waals surface area contributed by atoms with Crippen molar-refractivity contribution in [3.8, 4) is 5.75 Å². The predicted octanol–water partition coefficient (Wildman–Crippen LogP) is 3.42. The maximum absolute atomic E-state index is 12.6. The molecule has 2 N–H and O–H groups in total. The molecule has 140 valence electrons. The van der Waals surface area contributed by atoms with E-state index in [-0.39, 0.29) is 23.3 Å². The molecule has 0 saturated carbocycles. The summed E-state index contributed by atoms with van der Waals surface area (Å²) in [4.78, 5) is 36.8. The summed E-state index contributed by atoms with van der Waals surface area (Å²) in [7, 11) is 0. The summed E-state index contributed by atoms with van der Waals surface area (Å²) in [5, 5.41) is 10.9. The van der Waals surface area contributed by atoms with Crippen LogP contribution in [0.3, 0.4) is 0 Å². The second-order valence-electron chi connectivity index (χ2n) is 5.79. The third-order valence-electron chi connectivity index (χ3n) is 3.93. The number of anilines is 1. The normalized spacial score (nSPS) is 16.5. The molecule has 1 aliphatic heterocycles. The Kier molecular flexibility index (Phi) is 5.66. The van der Waals surface area contributed by atoms with Gasteiger partial charge in [-0.2, -0.15) is 0 Å². The lowest BCUT2D eigenvalue weighted by Gasteiger charge is -2.15. The van der Waals surface area contributed by atoms with E-state index in [4.69, 9.17) is 9.84 Å². The third kappa shape index (κ3) is 4.40. The van der Waals surface area contributed by atoms with E-state index >= 15 is 0 Å². The fourth-order valence-electron chi connectivity index (χ4n) is 2.58. The van der Waals surface area contributed by atoms with Crippen molar-refractivity contribution in [3.63, 3.8) is 0 Å².